The molecule has 14 heteroatoms. The highest BCUT2D eigenvalue weighted by Crippen LogP contribution is 2.37. The predicted molar refractivity (Wildman–Crippen MR) is 133 cm³/mol. The van der Waals surface area contributed by atoms with Crippen molar-refractivity contribution in [3.05, 3.63) is 97.1 Å². The number of imide groups is 2. The number of carbonyl (C=O) groups excluding carboxylic acids is 3. The SMILES string of the molecule is COc1ccc(N2C(=O)NC(=O)/C(=C\c3ccc(Oc4ccc([N+](=O)[O-])cc4[N+](=O)[O-])c(Cl)c3)C2=O)cc1. The Morgan fingerprint density at radius 1 is 0.921 bits per heavy atom. The van der Waals surface area contributed by atoms with Gasteiger partial charge in [0, 0.05) is 6.07 Å². The normalized spacial score (nSPS) is 14.3. The van der Waals surface area contributed by atoms with Gasteiger partial charge in [0.25, 0.3) is 17.5 Å². The highest BCUT2D eigenvalue weighted by molar-refractivity contribution is 6.39. The summed E-state index contributed by atoms with van der Waals surface area (Å²) in [6.07, 6.45) is 1.21. The van der Waals surface area contributed by atoms with Crippen LogP contribution in [0.25, 0.3) is 6.08 Å². The molecule has 0 saturated carbocycles. The molecule has 0 aliphatic carbocycles. The van der Waals surface area contributed by atoms with Crippen molar-refractivity contribution in [2.75, 3.05) is 12.0 Å². The first kappa shape index (κ1) is 25.8. The Morgan fingerprint density at radius 2 is 1.61 bits per heavy atom. The van der Waals surface area contributed by atoms with Crippen molar-refractivity contribution in [2.24, 2.45) is 0 Å². The molecule has 13 nitrogen and oxygen atoms in total. The number of anilines is 1. The Labute approximate surface area is 218 Å². The number of halogens is 1. The molecular weight excluding hydrogens is 524 g/mol. The molecule has 1 aliphatic heterocycles. The van der Waals surface area contributed by atoms with E-state index in [1.807, 2.05) is 0 Å². The molecule has 0 radical (unpaired) electrons. The number of nitro benzene ring substituents is 2. The highest BCUT2D eigenvalue weighted by Gasteiger charge is 2.36. The standard InChI is InChI=1S/C24H15ClN4O9/c1-37-16-6-3-14(4-7-16)27-23(31)17(22(30)26-24(27)32)10-13-2-8-20(18(25)11-13)38-21-9-5-15(28(33)34)12-19(21)29(35)36/h2-12H,1H3,(H,26,30,32)/b17-10+. The lowest BCUT2D eigenvalue weighted by molar-refractivity contribution is -0.394. The monoisotopic (exact) mass is 538 g/mol. The second-order valence-corrected chi connectivity index (χ2v) is 8.02. The van der Waals surface area contributed by atoms with Crippen LogP contribution < -0.4 is 19.7 Å². The van der Waals surface area contributed by atoms with Gasteiger partial charge in [-0.15, -0.1) is 0 Å². The molecule has 0 spiro atoms. The number of benzene rings is 3. The quantitative estimate of drug-likeness (QED) is 0.195. The summed E-state index contributed by atoms with van der Waals surface area (Å²) in [5.74, 6) is -1.60. The Balaban J connectivity index is 1.62. The summed E-state index contributed by atoms with van der Waals surface area (Å²) in [6, 6.07) is 12.1. The molecule has 0 unspecified atom stereocenters. The fraction of sp³-hybridized carbons (Fsp3) is 0.0417. The van der Waals surface area contributed by atoms with Gasteiger partial charge in [-0.2, -0.15) is 0 Å². The molecule has 38 heavy (non-hydrogen) atoms. The van der Waals surface area contributed by atoms with Gasteiger partial charge >= 0.3 is 11.7 Å². The molecule has 1 saturated heterocycles. The van der Waals surface area contributed by atoms with E-state index in [0.717, 1.165) is 23.1 Å². The summed E-state index contributed by atoms with van der Waals surface area (Å²) in [7, 11) is 1.46. The summed E-state index contributed by atoms with van der Waals surface area (Å²) in [6.45, 7) is 0. The van der Waals surface area contributed by atoms with E-state index in [4.69, 9.17) is 21.1 Å². The average Bonchev–Trinajstić information content (AvgIpc) is 2.88. The lowest BCUT2D eigenvalue weighted by Crippen LogP contribution is -2.54. The summed E-state index contributed by atoms with van der Waals surface area (Å²) in [5, 5.41) is 24.3. The Hall–Kier alpha value is -5.30. The number of hydrogen-bond donors (Lipinski definition) is 1. The minimum absolute atomic E-state index is 0.0276. The number of ether oxygens (including phenoxy) is 2. The van der Waals surface area contributed by atoms with Crippen molar-refractivity contribution < 1.29 is 33.7 Å². The number of methoxy groups -OCH3 is 1. The van der Waals surface area contributed by atoms with Crippen LogP contribution >= 0.6 is 11.6 Å². The maximum atomic E-state index is 13.1. The van der Waals surface area contributed by atoms with E-state index in [-0.39, 0.29) is 33.3 Å². The molecule has 1 N–H and O–H groups in total. The molecule has 3 aromatic rings. The van der Waals surface area contributed by atoms with E-state index >= 15 is 0 Å². The fourth-order valence-corrected chi connectivity index (χ4v) is 3.67. The number of urea groups is 1. The third-order valence-corrected chi connectivity index (χ3v) is 5.56. The van der Waals surface area contributed by atoms with Gasteiger partial charge in [-0.05, 0) is 54.1 Å². The van der Waals surface area contributed by atoms with Gasteiger partial charge in [-0.3, -0.25) is 35.1 Å². The van der Waals surface area contributed by atoms with Crippen LogP contribution in [-0.2, 0) is 9.59 Å². The van der Waals surface area contributed by atoms with Crippen molar-refractivity contribution in [3.8, 4) is 17.2 Å². The molecule has 4 rings (SSSR count). The van der Waals surface area contributed by atoms with Crippen LogP contribution in [0.15, 0.2) is 66.2 Å². The van der Waals surface area contributed by atoms with Gasteiger partial charge in [0.1, 0.15) is 17.1 Å². The summed E-state index contributed by atoms with van der Waals surface area (Å²) < 4.78 is 10.6. The molecule has 0 aromatic heterocycles. The predicted octanol–water partition coefficient (Wildman–Crippen LogP) is 4.62. The number of carbonyl (C=O) groups is 3. The summed E-state index contributed by atoms with van der Waals surface area (Å²) in [5.41, 5.74) is -0.999. The van der Waals surface area contributed by atoms with Gasteiger partial charge in [0.05, 0.1) is 33.7 Å². The van der Waals surface area contributed by atoms with E-state index in [2.05, 4.69) is 5.32 Å². The largest absolute Gasteiger partial charge is 0.497 e. The Bertz CT molecular complexity index is 1540. The Kier molecular flexibility index (Phi) is 7.03. The van der Waals surface area contributed by atoms with Crippen molar-refractivity contribution in [1.29, 1.82) is 0 Å². The average molecular weight is 539 g/mol. The minimum Gasteiger partial charge on any atom is -0.497 e. The zero-order valence-corrected chi connectivity index (χ0v) is 20.0. The van der Waals surface area contributed by atoms with Gasteiger partial charge < -0.3 is 9.47 Å². The van der Waals surface area contributed by atoms with Crippen LogP contribution in [0.4, 0.5) is 21.9 Å². The molecule has 0 bridgehead atoms. The van der Waals surface area contributed by atoms with Gasteiger partial charge in [0.2, 0.25) is 5.75 Å². The number of non-ortho nitro benzene ring substituents is 1. The van der Waals surface area contributed by atoms with Crippen LogP contribution in [0.1, 0.15) is 5.56 Å². The molecule has 192 valence electrons. The van der Waals surface area contributed by atoms with Crippen molar-refractivity contribution in [2.45, 2.75) is 0 Å². The summed E-state index contributed by atoms with van der Waals surface area (Å²) >= 11 is 6.27. The van der Waals surface area contributed by atoms with Crippen LogP contribution in [0, 0.1) is 20.2 Å². The van der Waals surface area contributed by atoms with Crippen LogP contribution in [-0.4, -0.2) is 34.8 Å². The van der Waals surface area contributed by atoms with E-state index < -0.39 is 39.1 Å². The van der Waals surface area contributed by atoms with E-state index in [1.54, 1.807) is 12.1 Å². The molecule has 1 aliphatic rings. The number of rotatable bonds is 7. The van der Waals surface area contributed by atoms with Gasteiger partial charge in [0.15, 0.2) is 0 Å². The number of amides is 4. The maximum Gasteiger partial charge on any atom is 0.335 e. The maximum absolute atomic E-state index is 13.1. The van der Waals surface area contributed by atoms with Crippen molar-refractivity contribution >= 4 is 52.6 Å². The van der Waals surface area contributed by atoms with E-state index in [9.17, 15) is 34.6 Å². The molecule has 4 amide bonds. The second kappa shape index (κ2) is 10.4. The van der Waals surface area contributed by atoms with Crippen LogP contribution in [0.3, 0.4) is 0 Å². The zero-order chi connectivity index (χ0) is 27.6. The lowest BCUT2D eigenvalue weighted by Gasteiger charge is -2.26. The van der Waals surface area contributed by atoms with E-state index in [1.165, 1.54) is 43.5 Å². The number of barbiturate groups is 1. The minimum atomic E-state index is -0.922. The smallest absolute Gasteiger partial charge is 0.335 e. The third kappa shape index (κ3) is 5.12. The first-order valence-electron chi connectivity index (χ1n) is 10.5. The van der Waals surface area contributed by atoms with E-state index in [0.29, 0.717) is 5.75 Å². The van der Waals surface area contributed by atoms with Crippen LogP contribution in [0.5, 0.6) is 17.2 Å². The first-order chi connectivity index (χ1) is 18.1. The summed E-state index contributed by atoms with van der Waals surface area (Å²) in [4.78, 5) is 59.3. The van der Waals surface area contributed by atoms with Crippen molar-refractivity contribution in [1.82, 2.24) is 5.32 Å². The van der Waals surface area contributed by atoms with Gasteiger partial charge in [-0.25, -0.2) is 9.69 Å². The third-order valence-electron chi connectivity index (χ3n) is 5.27. The molecule has 1 fully saturated rings. The number of hydrogen-bond acceptors (Lipinski definition) is 9. The molecular formula is C24H15ClN4O9. The number of nitro groups is 2. The second-order valence-electron chi connectivity index (χ2n) is 7.61. The number of nitrogens with zero attached hydrogens (tertiary/aromatic N) is 3. The number of nitrogens with one attached hydrogen (secondary N) is 1. The lowest BCUT2D eigenvalue weighted by atomic mass is 10.1. The molecule has 1 heterocycles. The highest BCUT2D eigenvalue weighted by atomic mass is 35.5. The van der Waals surface area contributed by atoms with Gasteiger partial charge in [-0.1, -0.05) is 17.7 Å². The first-order valence-corrected chi connectivity index (χ1v) is 10.9. The van der Waals surface area contributed by atoms with Crippen LogP contribution in [0.2, 0.25) is 5.02 Å². The Morgan fingerprint density at radius 3 is 2.21 bits per heavy atom. The molecule has 3 aromatic carbocycles. The fourth-order valence-electron chi connectivity index (χ4n) is 3.45. The molecule has 0 atom stereocenters. The topological polar surface area (TPSA) is 171 Å². The van der Waals surface area contributed by atoms with Crippen molar-refractivity contribution in [3.63, 3.8) is 0 Å². The zero-order valence-electron chi connectivity index (χ0n) is 19.2.